The molecule has 0 saturated heterocycles. The van der Waals surface area contributed by atoms with Gasteiger partial charge in [0.15, 0.2) is 0 Å². The van der Waals surface area contributed by atoms with E-state index in [1.165, 1.54) is 25.0 Å². The van der Waals surface area contributed by atoms with Crippen LogP contribution in [0.5, 0.6) is 0 Å². The van der Waals surface area contributed by atoms with Crippen LogP contribution in [0.2, 0.25) is 0 Å². The van der Waals surface area contributed by atoms with Crippen LogP contribution in [0, 0.1) is 13.8 Å². The highest BCUT2D eigenvalue weighted by Crippen LogP contribution is 2.21. The van der Waals surface area contributed by atoms with E-state index in [1.54, 1.807) is 0 Å². The molecule has 1 aliphatic rings. The molecule has 0 saturated carbocycles. The number of unbranched alkanes of at least 4 members (excludes halogenated alkanes) is 1. The van der Waals surface area contributed by atoms with E-state index >= 15 is 0 Å². The van der Waals surface area contributed by atoms with Crippen molar-refractivity contribution < 1.29 is 0 Å². The lowest BCUT2D eigenvalue weighted by Crippen LogP contribution is -2.10. The fourth-order valence-electron chi connectivity index (χ4n) is 2.19. The Hall–Kier alpha value is -1.32. The molecule has 0 spiro atoms. The van der Waals surface area contributed by atoms with Crippen molar-refractivity contribution in [2.24, 2.45) is 4.99 Å². The van der Waals surface area contributed by atoms with Crippen LogP contribution in [0.1, 0.15) is 44.0 Å². The maximum Gasteiger partial charge on any atom is 0.101 e. The average molecular weight is 234 g/mol. The van der Waals surface area contributed by atoms with Gasteiger partial charge < -0.3 is 5.32 Å². The van der Waals surface area contributed by atoms with Gasteiger partial charge in [-0.15, -0.1) is 0 Å². The van der Waals surface area contributed by atoms with E-state index in [0.717, 1.165) is 36.7 Å². The van der Waals surface area contributed by atoms with Crippen LogP contribution in [0.15, 0.2) is 4.99 Å². The van der Waals surface area contributed by atoms with E-state index in [1.807, 2.05) is 0 Å². The molecule has 1 aromatic heterocycles. The lowest BCUT2D eigenvalue weighted by molar-refractivity contribution is 0.556. The second-order valence-electron chi connectivity index (χ2n) is 4.68. The van der Waals surface area contributed by atoms with Crippen molar-refractivity contribution in [2.45, 2.75) is 53.0 Å². The quantitative estimate of drug-likeness (QED) is 0.870. The van der Waals surface area contributed by atoms with Gasteiger partial charge in [0.1, 0.15) is 5.84 Å². The molecule has 0 bridgehead atoms. The van der Waals surface area contributed by atoms with E-state index in [0.29, 0.717) is 0 Å². The first-order valence-corrected chi connectivity index (χ1v) is 6.56. The third kappa shape index (κ3) is 2.68. The number of nitrogens with one attached hydrogen (secondary N) is 1. The lowest BCUT2D eigenvalue weighted by atomic mass is 10.2. The summed E-state index contributed by atoms with van der Waals surface area (Å²) in [4.78, 5) is 4.45. The van der Waals surface area contributed by atoms with Gasteiger partial charge in [-0.05, 0) is 26.7 Å². The summed E-state index contributed by atoms with van der Waals surface area (Å²) in [5.41, 5.74) is 3.46. The van der Waals surface area contributed by atoms with Crippen molar-refractivity contribution in [3.8, 4) is 0 Å². The predicted molar refractivity (Wildman–Crippen MR) is 71.8 cm³/mol. The van der Waals surface area contributed by atoms with Gasteiger partial charge >= 0.3 is 0 Å². The Morgan fingerprint density at radius 2 is 2.18 bits per heavy atom. The number of aromatic nitrogens is 2. The number of nitrogens with zero attached hydrogens (tertiary/aromatic N) is 3. The minimum atomic E-state index is 0.963. The topological polar surface area (TPSA) is 42.2 Å². The molecule has 4 heteroatoms. The van der Waals surface area contributed by atoms with Gasteiger partial charge in [0, 0.05) is 19.5 Å². The number of hydrogen-bond acceptors (Lipinski definition) is 3. The molecular weight excluding hydrogens is 212 g/mol. The van der Waals surface area contributed by atoms with Gasteiger partial charge in [0.2, 0.25) is 0 Å². The van der Waals surface area contributed by atoms with E-state index in [9.17, 15) is 0 Å². The molecule has 0 atom stereocenters. The van der Waals surface area contributed by atoms with E-state index in [-0.39, 0.29) is 0 Å². The summed E-state index contributed by atoms with van der Waals surface area (Å²) in [6.45, 7) is 8.38. The third-order valence-electron chi connectivity index (χ3n) is 3.25. The Balaban J connectivity index is 2.13. The lowest BCUT2D eigenvalue weighted by Gasteiger charge is -2.07. The van der Waals surface area contributed by atoms with Crippen molar-refractivity contribution in [1.29, 1.82) is 0 Å². The number of aryl methyl sites for hydroxylation is 2. The Morgan fingerprint density at radius 1 is 1.35 bits per heavy atom. The minimum Gasteiger partial charge on any atom is -0.341 e. The van der Waals surface area contributed by atoms with E-state index in [4.69, 9.17) is 0 Å². The second kappa shape index (κ2) is 5.34. The molecule has 0 unspecified atom stereocenters. The summed E-state index contributed by atoms with van der Waals surface area (Å²) in [6, 6.07) is 0. The molecule has 0 fully saturated rings. The van der Waals surface area contributed by atoms with E-state index in [2.05, 4.69) is 40.9 Å². The SMILES string of the molecule is CCCCn1nc(C)c(NC2=NCCC2)c1C. The highest BCUT2D eigenvalue weighted by Gasteiger charge is 2.14. The van der Waals surface area contributed by atoms with Gasteiger partial charge in [-0.2, -0.15) is 5.10 Å². The van der Waals surface area contributed by atoms with Crippen LogP contribution in [0.25, 0.3) is 0 Å². The fraction of sp³-hybridized carbons (Fsp3) is 0.692. The van der Waals surface area contributed by atoms with Gasteiger partial charge in [-0.3, -0.25) is 9.67 Å². The highest BCUT2D eigenvalue weighted by molar-refractivity contribution is 5.97. The maximum absolute atomic E-state index is 4.59. The van der Waals surface area contributed by atoms with Crippen molar-refractivity contribution >= 4 is 11.5 Å². The maximum atomic E-state index is 4.59. The first-order chi connectivity index (χ1) is 8.22. The summed E-state index contributed by atoms with van der Waals surface area (Å²) < 4.78 is 2.11. The largest absolute Gasteiger partial charge is 0.341 e. The van der Waals surface area contributed by atoms with E-state index < -0.39 is 0 Å². The number of anilines is 1. The normalized spacial score (nSPS) is 15.1. The molecule has 0 radical (unpaired) electrons. The number of amidine groups is 1. The van der Waals surface area contributed by atoms with Gasteiger partial charge in [-0.25, -0.2) is 0 Å². The number of aliphatic imine (C=N–C) groups is 1. The van der Waals surface area contributed by atoms with Crippen LogP contribution in [-0.4, -0.2) is 22.2 Å². The second-order valence-corrected chi connectivity index (χ2v) is 4.68. The van der Waals surface area contributed by atoms with Gasteiger partial charge in [-0.1, -0.05) is 13.3 Å². The molecule has 1 aliphatic heterocycles. The molecule has 17 heavy (non-hydrogen) atoms. The number of hydrogen-bond donors (Lipinski definition) is 1. The van der Waals surface area contributed by atoms with Crippen LogP contribution in [0.3, 0.4) is 0 Å². The minimum absolute atomic E-state index is 0.963. The van der Waals surface area contributed by atoms with Gasteiger partial charge in [0.25, 0.3) is 0 Å². The molecule has 0 aliphatic carbocycles. The molecule has 4 nitrogen and oxygen atoms in total. The van der Waals surface area contributed by atoms with Crippen LogP contribution < -0.4 is 5.32 Å². The fourth-order valence-corrected chi connectivity index (χ4v) is 2.19. The smallest absolute Gasteiger partial charge is 0.101 e. The molecule has 2 rings (SSSR count). The Bertz CT molecular complexity index is 417. The standard InChI is InChI=1S/C13H22N4/c1-4-5-9-17-11(3)13(10(2)16-17)15-12-7-6-8-14-12/h4-9H2,1-3H3,(H,14,15). The molecule has 2 heterocycles. The van der Waals surface area contributed by atoms with Crippen molar-refractivity contribution in [3.63, 3.8) is 0 Å². The number of rotatable bonds is 4. The average Bonchev–Trinajstić information content (AvgIpc) is 2.90. The molecule has 94 valence electrons. The molecule has 1 N–H and O–H groups in total. The van der Waals surface area contributed by atoms with Gasteiger partial charge in [0.05, 0.1) is 17.1 Å². The summed E-state index contributed by atoms with van der Waals surface area (Å²) in [6.07, 6.45) is 4.62. The molecular formula is C13H22N4. The molecule has 1 aromatic rings. The van der Waals surface area contributed by atoms with Crippen molar-refractivity contribution in [2.75, 3.05) is 11.9 Å². The van der Waals surface area contributed by atoms with Crippen LogP contribution in [0.4, 0.5) is 5.69 Å². The first-order valence-electron chi connectivity index (χ1n) is 6.56. The first kappa shape index (κ1) is 12.1. The van der Waals surface area contributed by atoms with Crippen LogP contribution in [-0.2, 0) is 6.54 Å². The summed E-state index contributed by atoms with van der Waals surface area (Å²) in [5, 5.41) is 8.03. The highest BCUT2D eigenvalue weighted by atomic mass is 15.3. The zero-order valence-corrected chi connectivity index (χ0v) is 11.1. The zero-order chi connectivity index (χ0) is 12.3. The zero-order valence-electron chi connectivity index (χ0n) is 11.1. The Labute approximate surface area is 103 Å². The summed E-state index contributed by atoms with van der Waals surface area (Å²) in [5.74, 6) is 1.12. The molecule has 0 aromatic carbocycles. The Morgan fingerprint density at radius 3 is 2.82 bits per heavy atom. The molecule has 0 amide bonds. The van der Waals surface area contributed by atoms with Crippen molar-refractivity contribution in [3.05, 3.63) is 11.4 Å². The Kier molecular flexibility index (Phi) is 3.82. The third-order valence-corrected chi connectivity index (χ3v) is 3.25. The monoisotopic (exact) mass is 234 g/mol. The summed E-state index contributed by atoms with van der Waals surface area (Å²) >= 11 is 0. The summed E-state index contributed by atoms with van der Waals surface area (Å²) in [7, 11) is 0. The van der Waals surface area contributed by atoms with Crippen LogP contribution >= 0.6 is 0 Å². The predicted octanol–water partition coefficient (Wildman–Crippen LogP) is 2.90. The van der Waals surface area contributed by atoms with Crippen molar-refractivity contribution in [1.82, 2.24) is 9.78 Å².